The second-order valence-electron chi connectivity index (χ2n) is 5.97. The maximum absolute atomic E-state index is 11.8. The predicted octanol–water partition coefficient (Wildman–Crippen LogP) is 5.04. The number of fused-ring (bicyclic) bond motifs is 3. The topological polar surface area (TPSA) is 56.5 Å². The first-order chi connectivity index (χ1) is 12.5. The quantitative estimate of drug-likeness (QED) is 0.457. The molecule has 0 amide bonds. The largest absolute Gasteiger partial charge is 0.480 e. The first kappa shape index (κ1) is 16.9. The maximum Gasteiger partial charge on any atom is 0.336 e. The molecule has 0 radical (unpaired) electrons. The zero-order chi connectivity index (χ0) is 18.4. The maximum atomic E-state index is 11.8. The SMILES string of the molecule is Cc1cc(=O)oc2c3c(ccc12)OC(c1ccccc1Cl)C(C=O)=C3Cl. The molecule has 4 nitrogen and oxygen atoms in total. The molecule has 0 spiro atoms. The summed E-state index contributed by atoms with van der Waals surface area (Å²) in [6, 6.07) is 12.0. The predicted molar refractivity (Wildman–Crippen MR) is 101 cm³/mol. The Bertz CT molecular complexity index is 1140. The van der Waals surface area contributed by atoms with Crippen LogP contribution in [0.5, 0.6) is 5.75 Å². The van der Waals surface area contributed by atoms with Gasteiger partial charge in [0.25, 0.3) is 0 Å². The van der Waals surface area contributed by atoms with Crippen LogP contribution in [0.1, 0.15) is 22.8 Å². The van der Waals surface area contributed by atoms with E-state index in [1.54, 1.807) is 43.3 Å². The highest BCUT2D eigenvalue weighted by atomic mass is 35.5. The molecule has 2 heterocycles. The molecule has 3 aromatic rings. The van der Waals surface area contributed by atoms with Crippen molar-refractivity contribution < 1.29 is 13.9 Å². The molecule has 1 aliphatic rings. The van der Waals surface area contributed by atoms with Gasteiger partial charge in [-0.25, -0.2) is 4.79 Å². The van der Waals surface area contributed by atoms with E-state index >= 15 is 0 Å². The van der Waals surface area contributed by atoms with E-state index < -0.39 is 11.7 Å². The van der Waals surface area contributed by atoms with Crippen LogP contribution in [0.15, 0.2) is 57.2 Å². The van der Waals surface area contributed by atoms with Gasteiger partial charge in [-0.15, -0.1) is 0 Å². The average Bonchev–Trinajstić information content (AvgIpc) is 2.61. The summed E-state index contributed by atoms with van der Waals surface area (Å²) in [6.07, 6.45) is -0.0957. The standard InChI is InChI=1S/C20H12Cl2O4/c1-10-8-16(24)26-20-11(10)6-7-15-17(20)18(22)13(9-23)19(25-15)12-4-2-3-5-14(12)21/h2-9,19H,1H3. The molecule has 0 fully saturated rings. The van der Waals surface area contributed by atoms with Crippen LogP contribution in [0, 0.1) is 6.92 Å². The van der Waals surface area contributed by atoms with Crippen LogP contribution in [-0.2, 0) is 4.79 Å². The molecule has 0 aliphatic carbocycles. The minimum Gasteiger partial charge on any atom is -0.480 e. The Morgan fingerprint density at radius 3 is 2.62 bits per heavy atom. The number of halogens is 2. The van der Waals surface area contributed by atoms with E-state index in [4.69, 9.17) is 32.4 Å². The molecule has 1 aromatic heterocycles. The lowest BCUT2D eigenvalue weighted by Crippen LogP contribution is -2.18. The molecule has 2 aromatic carbocycles. The summed E-state index contributed by atoms with van der Waals surface area (Å²) in [6.45, 7) is 1.81. The third kappa shape index (κ3) is 2.54. The molecule has 1 aliphatic heterocycles. The van der Waals surface area contributed by atoms with E-state index in [2.05, 4.69) is 0 Å². The number of carbonyl (C=O) groups excluding carboxylic acids is 1. The van der Waals surface area contributed by atoms with Crippen molar-refractivity contribution in [3.8, 4) is 5.75 Å². The van der Waals surface area contributed by atoms with Crippen LogP contribution in [0.4, 0.5) is 0 Å². The summed E-state index contributed by atoms with van der Waals surface area (Å²) in [5.41, 5.74) is 1.82. The molecule has 0 saturated heterocycles. The Labute approximate surface area is 158 Å². The van der Waals surface area contributed by atoms with Gasteiger partial charge < -0.3 is 9.15 Å². The van der Waals surface area contributed by atoms with Crippen molar-refractivity contribution in [3.05, 3.63) is 80.2 Å². The molecule has 130 valence electrons. The van der Waals surface area contributed by atoms with E-state index in [-0.39, 0.29) is 10.6 Å². The van der Waals surface area contributed by atoms with Crippen molar-refractivity contribution in [3.63, 3.8) is 0 Å². The Hall–Kier alpha value is -2.56. The van der Waals surface area contributed by atoms with Crippen molar-refractivity contribution in [2.24, 2.45) is 0 Å². The summed E-state index contributed by atoms with van der Waals surface area (Å²) in [7, 11) is 0. The zero-order valence-electron chi connectivity index (χ0n) is 13.6. The van der Waals surface area contributed by atoms with Crippen LogP contribution in [0.2, 0.25) is 5.02 Å². The van der Waals surface area contributed by atoms with Gasteiger partial charge in [-0.2, -0.15) is 0 Å². The van der Waals surface area contributed by atoms with Crippen LogP contribution in [0.25, 0.3) is 16.0 Å². The number of aldehydes is 1. The molecule has 0 saturated carbocycles. The van der Waals surface area contributed by atoms with Crippen LogP contribution in [0.3, 0.4) is 0 Å². The molecule has 26 heavy (non-hydrogen) atoms. The first-order valence-electron chi connectivity index (χ1n) is 7.85. The lowest BCUT2D eigenvalue weighted by molar-refractivity contribution is -0.105. The Morgan fingerprint density at radius 1 is 1.12 bits per heavy atom. The number of aryl methyl sites for hydroxylation is 1. The smallest absolute Gasteiger partial charge is 0.336 e. The zero-order valence-corrected chi connectivity index (χ0v) is 15.1. The Morgan fingerprint density at radius 2 is 1.88 bits per heavy atom. The van der Waals surface area contributed by atoms with E-state index in [0.29, 0.717) is 33.8 Å². The lowest BCUT2D eigenvalue weighted by Gasteiger charge is -2.28. The molecule has 1 atom stereocenters. The van der Waals surface area contributed by atoms with Crippen molar-refractivity contribution in [2.45, 2.75) is 13.0 Å². The third-order valence-corrected chi connectivity index (χ3v) is 5.15. The van der Waals surface area contributed by atoms with Crippen LogP contribution >= 0.6 is 23.2 Å². The summed E-state index contributed by atoms with van der Waals surface area (Å²) >= 11 is 12.8. The molecular weight excluding hydrogens is 375 g/mol. The number of hydrogen-bond donors (Lipinski definition) is 0. The summed E-state index contributed by atoms with van der Waals surface area (Å²) in [4.78, 5) is 23.6. The Balaban J connectivity index is 2.02. The molecule has 4 rings (SSSR count). The molecule has 0 N–H and O–H groups in total. The van der Waals surface area contributed by atoms with E-state index in [0.717, 1.165) is 10.9 Å². The minimum atomic E-state index is -0.741. The lowest BCUT2D eigenvalue weighted by atomic mass is 9.95. The van der Waals surface area contributed by atoms with Crippen molar-refractivity contribution >= 4 is 45.5 Å². The summed E-state index contributed by atoms with van der Waals surface area (Å²) < 4.78 is 11.4. The Kier molecular flexibility index (Phi) is 4.10. The third-order valence-electron chi connectivity index (χ3n) is 4.40. The van der Waals surface area contributed by atoms with E-state index in [9.17, 15) is 9.59 Å². The van der Waals surface area contributed by atoms with E-state index in [1.165, 1.54) is 6.07 Å². The minimum absolute atomic E-state index is 0.186. The fourth-order valence-corrected chi connectivity index (χ4v) is 3.71. The first-order valence-corrected chi connectivity index (χ1v) is 8.60. The van der Waals surface area contributed by atoms with Crippen molar-refractivity contribution in [1.82, 2.24) is 0 Å². The second-order valence-corrected chi connectivity index (χ2v) is 6.76. The summed E-state index contributed by atoms with van der Waals surface area (Å²) in [5, 5.41) is 1.38. The molecular formula is C20H12Cl2O4. The van der Waals surface area contributed by atoms with Crippen LogP contribution in [-0.4, -0.2) is 6.29 Å². The van der Waals surface area contributed by atoms with Gasteiger partial charge in [0.2, 0.25) is 0 Å². The van der Waals surface area contributed by atoms with E-state index in [1.807, 2.05) is 0 Å². The van der Waals surface area contributed by atoms with Gasteiger partial charge in [-0.3, -0.25) is 4.79 Å². The monoisotopic (exact) mass is 386 g/mol. The number of rotatable bonds is 2. The highest BCUT2D eigenvalue weighted by Crippen LogP contribution is 2.47. The average molecular weight is 387 g/mol. The van der Waals surface area contributed by atoms with Gasteiger partial charge in [0, 0.05) is 22.0 Å². The van der Waals surface area contributed by atoms with Gasteiger partial charge in [0.05, 0.1) is 16.2 Å². The highest BCUT2D eigenvalue weighted by Gasteiger charge is 2.32. The van der Waals surface area contributed by atoms with Crippen LogP contribution < -0.4 is 10.4 Å². The molecule has 6 heteroatoms. The number of benzene rings is 2. The number of carbonyl (C=O) groups is 1. The number of hydrogen-bond acceptors (Lipinski definition) is 4. The highest BCUT2D eigenvalue weighted by molar-refractivity contribution is 6.52. The van der Waals surface area contributed by atoms with Gasteiger partial charge in [0.15, 0.2) is 18.0 Å². The molecule has 1 unspecified atom stereocenters. The second kappa shape index (κ2) is 6.31. The molecule has 0 bridgehead atoms. The fraction of sp³-hybridized carbons (Fsp3) is 0.100. The van der Waals surface area contributed by atoms with Gasteiger partial charge in [-0.05, 0) is 30.7 Å². The van der Waals surface area contributed by atoms with Gasteiger partial charge >= 0.3 is 5.63 Å². The van der Waals surface area contributed by atoms with Gasteiger partial charge in [-0.1, -0.05) is 41.4 Å². The van der Waals surface area contributed by atoms with Gasteiger partial charge in [0.1, 0.15) is 5.75 Å². The normalized spacial score (nSPS) is 16.3. The fourth-order valence-electron chi connectivity index (χ4n) is 3.15. The summed E-state index contributed by atoms with van der Waals surface area (Å²) in [5.74, 6) is 0.423. The van der Waals surface area contributed by atoms with Crippen molar-refractivity contribution in [1.29, 1.82) is 0 Å². The number of ether oxygens (including phenoxy) is 1. The van der Waals surface area contributed by atoms with Crippen molar-refractivity contribution in [2.75, 3.05) is 0 Å².